The number of rotatable bonds is 6. The highest BCUT2D eigenvalue weighted by molar-refractivity contribution is 9.10. The molecule has 3 aromatic rings. The molecule has 0 atom stereocenters. The van der Waals surface area contributed by atoms with Crippen LogP contribution in [0.2, 0.25) is 0 Å². The van der Waals surface area contributed by atoms with Crippen LogP contribution in [0, 0.1) is 0 Å². The lowest BCUT2D eigenvalue weighted by Gasteiger charge is -2.27. The highest BCUT2D eigenvalue weighted by atomic mass is 79.9. The number of nitrogens with zero attached hydrogens (tertiary/aromatic N) is 3. The van der Waals surface area contributed by atoms with E-state index in [0.717, 1.165) is 76.5 Å². The molecule has 0 saturated carbocycles. The standard InChI is InChI=1S/C23H25BrN4O2/c1-3-4-22-26-20-9-10-28(14-18(20)23(29)27-22)13-15-5-7-19(25-12-15)17-11-16(24)6-8-21(17)30-2/h5-8,11-12H,3-4,9-10,13-14H2,1-2H3,(H,26,27,29). The minimum Gasteiger partial charge on any atom is -0.496 e. The molecule has 7 heteroatoms. The van der Waals surface area contributed by atoms with Crippen LogP contribution in [-0.4, -0.2) is 33.5 Å². The SMILES string of the molecule is CCCc1nc2c(c(=O)[nH]1)CN(Cc1ccc(-c3cc(Br)ccc3OC)nc1)CC2. The number of nitrogens with one attached hydrogen (secondary N) is 1. The van der Waals surface area contributed by atoms with Crippen molar-refractivity contribution < 1.29 is 4.74 Å². The van der Waals surface area contributed by atoms with Crippen molar-refractivity contribution in [3.05, 3.63) is 74.0 Å². The van der Waals surface area contributed by atoms with Gasteiger partial charge in [0.2, 0.25) is 0 Å². The first-order chi connectivity index (χ1) is 14.6. The maximum Gasteiger partial charge on any atom is 0.255 e. The second-order valence-electron chi connectivity index (χ2n) is 7.54. The average molecular weight is 469 g/mol. The number of aryl methyl sites for hydroxylation is 1. The normalized spacial score (nSPS) is 13.8. The lowest BCUT2D eigenvalue weighted by molar-refractivity contribution is 0.241. The van der Waals surface area contributed by atoms with Gasteiger partial charge in [0.25, 0.3) is 5.56 Å². The van der Waals surface area contributed by atoms with E-state index in [1.165, 1.54) is 0 Å². The van der Waals surface area contributed by atoms with Crippen LogP contribution in [0.1, 0.15) is 36.0 Å². The quantitative estimate of drug-likeness (QED) is 0.589. The Morgan fingerprint density at radius 2 is 2.13 bits per heavy atom. The van der Waals surface area contributed by atoms with E-state index in [1.54, 1.807) is 7.11 Å². The van der Waals surface area contributed by atoms with Gasteiger partial charge in [0.15, 0.2) is 0 Å². The summed E-state index contributed by atoms with van der Waals surface area (Å²) < 4.78 is 6.45. The van der Waals surface area contributed by atoms with Gasteiger partial charge in [-0.25, -0.2) is 4.98 Å². The highest BCUT2D eigenvalue weighted by Gasteiger charge is 2.21. The topological polar surface area (TPSA) is 71.1 Å². The Morgan fingerprint density at radius 3 is 2.87 bits per heavy atom. The first-order valence-corrected chi connectivity index (χ1v) is 11.0. The van der Waals surface area contributed by atoms with Crippen molar-refractivity contribution in [1.29, 1.82) is 0 Å². The number of methoxy groups -OCH3 is 1. The van der Waals surface area contributed by atoms with Crippen molar-refractivity contribution >= 4 is 15.9 Å². The molecule has 0 radical (unpaired) electrons. The summed E-state index contributed by atoms with van der Waals surface area (Å²) in [5, 5.41) is 0. The third-order valence-corrected chi connectivity index (χ3v) is 5.85. The van der Waals surface area contributed by atoms with Gasteiger partial charge in [0, 0.05) is 48.7 Å². The highest BCUT2D eigenvalue weighted by Crippen LogP contribution is 2.31. The van der Waals surface area contributed by atoms with Crippen molar-refractivity contribution in [3.63, 3.8) is 0 Å². The van der Waals surface area contributed by atoms with Crippen molar-refractivity contribution in [3.8, 4) is 17.0 Å². The maximum atomic E-state index is 12.5. The van der Waals surface area contributed by atoms with Crippen LogP contribution in [0.3, 0.4) is 0 Å². The van der Waals surface area contributed by atoms with Crippen LogP contribution in [0.25, 0.3) is 11.3 Å². The van der Waals surface area contributed by atoms with Crippen molar-refractivity contribution in [1.82, 2.24) is 19.9 Å². The molecule has 3 heterocycles. The van der Waals surface area contributed by atoms with Gasteiger partial charge < -0.3 is 9.72 Å². The fourth-order valence-electron chi connectivity index (χ4n) is 3.84. The summed E-state index contributed by atoms with van der Waals surface area (Å²) in [5.74, 6) is 1.60. The smallest absolute Gasteiger partial charge is 0.255 e. The molecular formula is C23H25BrN4O2. The Labute approximate surface area is 184 Å². The largest absolute Gasteiger partial charge is 0.496 e. The molecule has 0 amide bonds. The number of fused-ring (bicyclic) bond motifs is 1. The molecule has 0 spiro atoms. The molecule has 156 valence electrons. The number of hydrogen-bond donors (Lipinski definition) is 1. The number of aromatic nitrogens is 3. The molecular weight excluding hydrogens is 444 g/mol. The summed E-state index contributed by atoms with van der Waals surface area (Å²) in [7, 11) is 1.66. The number of aromatic amines is 1. The van der Waals surface area contributed by atoms with Crippen LogP contribution < -0.4 is 10.3 Å². The maximum absolute atomic E-state index is 12.5. The fraction of sp³-hybridized carbons (Fsp3) is 0.348. The van der Waals surface area contributed by atoms with Gasteiger partial charge >= 0.3 is 0 Å². The summed E-state index contributed by atoms with van der Waals surface area (Å²) in [6.45, 7) is 4.34. The molecule has 6 nitrogen and oxygen atoms in total. The summed E-state index contributed by atoms with van der Waals surface area (Å²) in [4.78, 5) is 27.0. The molecule has 1 aliphatic heterocycles. The zero-order valence-electron chi connectivity index (χ0n) is 17.2. The van der Waals surface area contributed by atoms with E-state index < -0.39 is 0 Å². The number of H-pyrrole nitrogens is 1. The Kier molecular flexibility index (Phi) is 6.29. The third-order valence-electron chi connectivity index (χ3n) is 5.35. The van der Waals surface area contributed by atoms with Gasteiger partial charge in [0.05, 0.1) is 24.1 Å². The minimum atomic E-state index is 0.00312. The van der Waals surface area contributed by atoms with Gasteiger partial charge in [0.1, 0.15) is 11.6 Å². The zero-order valence-corrected chi connectivity index (χ0v) is 18.8. The molecule has 0 saturated heterocycles. The van der Waals surface area contributed by atoms with Crippen LogP contribution in [0.15, 0.2) is 45.8 Å². The molecule has 1 N–H and O–H groups in total. The Bertz CT molecular complexity index is 1100. The van der Waals surface area contributed by atoms with Gasteiger partial charge in [-0.1, -0.05) is 28.9 Å². The lowest BCUT2D eigenvalue weighted by Crippen LogP contribution is -2.35. The van der Waals surface area contributed by atoms with Gasteiger partial charge in [-0.3, -0.25) is 14.7 Å². The summed E-state index contributed by atoms with van der Waals surface area (Å²) >= 11 is 3.51. The van der Waals surface area contributed by atoms with E-state index in [0.29, 0.717) is 6.54 Å². The van der Waals surface area contributed by atoms with E-state index >= 15 is 0 Å². The first kappa shape index (κ1) is 20.8. The number of halogens is 1. The van der Waals surface area contributed by atoms with E-state index in [2.05, 4.69) is 48.8 Å². The predicted octanol–water partition coefficient (Wildman–Crippen LogP) is 4.11. The van der Waals surface area contributed by atoms with E-state index in [4.69, 9.17) is 4.74 Å². The minimum absolute atomic E-state index is 0.00312. The van der Waals surface area contributed by atoms with Gasteiger partial charge in [-0.2, -0.15) is 0 Å². The van der Waals surface area contributed by atoms with Crippen LogP contribution in [0.5, 0.6) is 5.75 Å². The third kappa shape index (κ3) is 4.47. The molecule has 2 aromatic heterocycles. The second-order valence-corrected chi connectivity index (χ2v) is 8.46. The second kappa shape index (κ2) is 9.10. The number of pyridine rings is 1. The first-order valence-electron chi connectivity index (χ1n) is 10.2. The summed E-state index contributed by atoms with van der Waals surface area (Å²) in [6, 6.07) is 9.99. The molecule has 0 aliphatic carbocycles. The van der Waals surface area contributed by atoms with Crippen LogP contribution >= 0.6 is 15.9 Å². The average Bonchev–Trinajstić information content (AvgIpc) is 2.75. The molecule has 4 rings (SSSR count). The Hall–Kier alpha value is -2.51. The van der Waals surface area contributed by atoms with Crippen molar-refractivity contribution in [2.24, 2.45) is 0 Å². The van der Waals surface area contributed by atoms with E-state index in [1.807, 2.05) is 30.5 Å². The molecule has 1 aliphatic rings. The Balaban J connectivity index is 1.49. The van der Waals surface area contributed by atoms with Crippen molar-refractivity contribution in [2.45, 2.75) is 39.3 Å². The zero-order chi connectivity index (χ0) is 21.1. The van der Waals surface area contributed by atoms with Crippen LogP contribution in [-0.2, 0) is 25.9 Å². The monoisotopic (exact) mass is 468 g/mol. The van der Waals surface area contributed by atoms with Gasteiger partial charge in [-0.15, -0.1) is 0 Å². The van der Waals surface area contributed by atoms with Gasteiger partial charge in [-0.05, 0) is 36.2 Å². The summed E-state index contributed by atoms with van der Waals surface area (Å²) in [6.07, 6.45) is 4.49. The van der Waals surface area contributed by atoms with Crippen LogP contribution in [0.4, 0.5) is 0 Å². The van der Waals surface area contributed by atoms with E-state index in [-0.39, 0.29) is 5.56 Å². The lowest BCUT2D eigenvalue weighted by atomic mass is 10.1. The molecule has 0 fully saturated rings. The number of hydrogen-bond acceptors (Lipinski definition) is 5. The molecule has 1 aromatic carbocycles. The number of ether oxygens (including phenoxy) is 1. The molecule has 0 unspecified atom stereocenters. The molecule has 30 heavy (non-hydrogen) atoms. The number of benzene rings is 1. The fourth-order valence-corrected chi connectivity index (χ4v) is 4.20. The summed E-state index contributed by atoms with van der Waals surface area (Å²) in [5.41, 5.74) is 4.68. The van der Waals surface area contributed by atoms with E-state index in [9.17, 15) is 4.79 Å². The molecule has 0 bridgehead atoms. The predicted molar refractivity (Wildman–Crippen MR) is 121 cm³/mol. The van der Waals surface area contributed by atoms with Crippen molar-refractivity contribution in [2.75, 3.05) is 13.7 Å². The Morgan fingerprint density at radius 1 is 1.27 bits per heavy atom.